The molecule has 1 aliphatic carbocycles. The highest BCUT2D eigenvalue weighted by Gasteiger charge is 2.59. The average Bonchev–Trinajstić information content (AvgIpc) is 3.62. The summed E-state index contributed by atoms with van der Waals surface area (Å²) in [6.07, 6.45) is -1.86. The number of alkyl halides is 1. The Kier molecular flexibility index (Phi) is 8.64. The lowest BCUT2D eigenvalue weighted by molar-refractivity contribution is -0.144. The monoisotopic (exact) mass is 609 g/mol. The summed E-state index contributed by atoms with van der Waals surface area (Å²) in [4.78, 5) is 24.9. The number of hydrogen-bond acceptors (Lipinski definition) is 13. The van der Waals surface area contributed by atoms with Crippen molar-refractivity contribution in [3.8, 4) is 5.75 Å². The number of nitrogens with two attached hydrogens (primary N) is 1. The Morgan fingerprint density at radius 2 is 2.07 bits per heavy atom. The van der Waals surface area contributed by atoms with Crippen molar-refractivity contribution in [1.82, 2.24) is 24.6 Å². The van der Waals surface area contributed by atoms with E-state index < -0.39 is 57.1 Å². The highest BCUT2D eigenvalue weighted by Crippen LogP contribution is 2.48. The van der Waals surface area contributed by atoms with Crippen LogP contribution in [0.5, 0.6) is 5.75 Å². The third-order valence-corrected chi connectivity index (χ3v) is 8.42. The summed E-state index contributed by atoms with van der Waals surface area (Å²) >= 11 is 0. The van der Waals surface area contributed by atoms with Gasteiger partial charge < -0.3 is 35.3 Å². The molecule has 6 atom stereocenters. The molecular formula is C25H33FN7O8P. The Morgan fingerprint density at radius 3 is 2.74 bits per heavy atom. The van der Waals surface area contributed by atoms with Crippen molar-refractivity contribution in [1.29, 1.82) is 0 Å². The van der Waals surface area contributed by atoms with Crippen LogP contribution >= 0.6 is 7.75 Å². The van der Waals surface area contributed by atoms with Gasteiger partial charge in [-0.05, 0) is 38.8 Å². The van der Waals surface area contributed by atoms with E-state index in [9.17, 15) is 19.6 Å². The lowest BCUT2D eigenvalue weighted by atomic mass is 9.97. The van der Waals surface area contributed by atoms with Crippen molar-refractivity contribution < 1.29 is 42.5 Å². The molecule has 0 amide bonds. The van der Waals surface area contributed by atoms with E-state index in [4.69, 9.17) is 24.3 Å². The van der Waals surface area contributed by atoms with Crippen LogP contribution in [-0.4, -0.2) is 85.5 Å². The largest absolute Gasteiger partial charge is 0.465 e. The number of rotatable bonds is 13. The molecular weight excluding hydrogens is 576 g/mol. The molecule has 3 aromatic rings. The molecule has 0 spiro atoms. The van der Waals surface area contributed by atoms with Gasteiger partial charge in [0, 0.05) is 6.04 Å². The third kappa shape index (κ3) is 6.19. The van der Waals surface area contributed by atoms with E-state index in [1.54, 1.807) is 25.1 Å². The van der Waals surface area contributed by atoms with Crippen molar-refractivity contribution >= 4 is 36.6 Å². The Balaban J connectivity index is 1.39. The van der Waals surface area contributed by atoms with Gasteiger partial charge in [-0.3, -0.25) is 13.9 Å². The molecule has 2 aromatic heterocycles. The summed E-state index contributed by atoms with van der Waals surface area (Å²) in [6, 6.07) is 7.14. The fraction of sp³-hybridized carbons (Fsp3) is 0.520. The van der Waals surface area contributed by atoms with E-state index in [2.05, 4.69) is 25.4 Å². The number of fused-ring (bicyclic) bond motifs is 1. The summed E-state index contributed by atoms with van der Waals surface area (Å²) in [5.74, 6) is -0.281. The lowest BCUT2D eigenvalue weighted by Crippen LogP contribution is -2.46. The Labute approximate surface area is 240 Å². The van der Waals surface area contributed by atoms with Gasteiger partial charge in [0.1, 0.15) is 24.0 Å². The number of anilines is 2. The summed E-state index contributed by atoms with van der Waals surface area (Å²) in [6.45, 7) is 1.32. The Bertz CT molecular complexity index is 1460. The molecule has 228 valence electrons. The predicted octanol–water partition coefficient (Wildman–Crippen LogP) is 1.69. The topological polar surface area (TPSA) is 205 Å². The van der Waals surface area contributed by atoms with Crippen LogP contribution in [0.1, 0.15) is 32.9 Å². The Morgan fingerprint density at radius 1 is 1.33 bits per heavy atom. The van der Waals surface area contributed by atoms with Gasteiger partial charge in [0.15, 0.2) is 23.2 Å². The van der Waals surface area contributed by atoms with E-state index in [1.807, 2.05) is 0 Å². The van der Waals surface area contributed by atoms with Crippen LogP contribution in [0.3, 0.4) is 0 Å². The number of hydrogen-bond donors (Lipinski definition) is 5. The quantitative estimate of drug-likeness (QED) is 0.138. The molecule has 0 radical (unpaired) electrons. The fourth-order valence-corrected chi connectivity index (χ4v) is 5.97. The van der Waals surface area contributed by atoms with E-state index in [1.165, 1.54) is 30.0 Å². The number of esters is 1. The number of carbonyl (C=O) groups excluding carboxylic acids is 1. The van der Waals surface area contributed by atoms with Gasteiger partial charge in [-0.2, -0.15) is 15.1 Å². The number of ether oxygens (including phenoxy) is 2. The highest BCUT2D eigenvalue weighted by molar-refractivity contribution is 7.52. The van der Waals surface area contributed by atoms with Gasteiger partial charge in [0.25, 0.3) is 0 Å². The standard InChI is InChI=1S/C25H33FN7O8P/c1-3-38-22(36)14(2)32-42(37,41-16-7-5-4-6-8-16)39-11-17-19(35)25(26,12-34)23(40-17)33-13-28-18-20(29-15-9-10-15)30-24(27)31-21(18)33/h4-8,13-15,17,19,23,34-35H,3,9-12H2,1-2H3,(H,32,37)(H3,27,29,30,31)/t14-,17-,19-,23-,25-,42?/m1/s1. The van der Waals surface area contributed by atoms with Gasteiger partial charge in [0.2, 0.25) is 11.6 Å². The van der Waals surface area contributed by atoms with Gasteiger partial charge >= 0.3 is 13.7 Å². The van der Waals surface area contributed by atoms with E-state index >= 15 is 4.39 Å². The van der Waals surface area contributed by atoms with Crippen molar-refractivity contribution in [2.24, 2.45) is 0 Å². The van der Waals surface area contributed by atoms with Crippen LogP contribution < -0.4 is 20.7 Å². The molecule has 6 N–H and O–H groups in total. The second-order valence-corrected chi connectivity index (χ2v) is 11.7. The predicted molar refractivity (Wildman–Crippen MR) is 147 cm³/mol. The van der Waals surface area contributed by atoms with Gasteiger partial charge in [-0.25, -0.2) is 13.9 Å². The summed E-state index contributed by atoms with van der Waals surface area (Å²) in [5.41, 5.74) is 3.56. The summed E-state index contributed by atoms with van der Waals surface area (Å²) in [5, 5.41) is 26.7. The molecule has 17 heteroatoms. The van der Waals surface area contributed by atoms with Crippen LogP contribution in [0.4, 0.5) is 16.2 Å². The van der Waals surface area contributed by atoms with Gasteiger partial charge in [-0.15, -0.1) is 0 Å². The number of para-hydroxylation sites is 1. The molecule has 42 heavy (non-hydrogen) atoms. The molecule has 1 unspecified atom stereocenters. The van der Waals surface area contributed by atoms with Crippen LogP contribution in [-0.2, 0) is 23.4 Å². The van der Waals surface area contributed by atoms with Crippen molar-refractivity contribution in [2.45, 2.75) is 62.9 Å². The van der Waals surface area contributed by atoms with Crippen molar-refractivity contribution in [3.63, 3.8) is 0 Å². The molecule has 1 aliphatic heterocycles. The minimum atomic E-state index is -4.34. The molecule has 5 rings (SSSR count). The number of nitrogens with one attached hydrogen (secondary N) is 2. The normalized spacial score (nSPS) is 26.1. The number of halogens is 1. The number of carbonyl (C=O) groups is 1. The number of aliphatic hydroxyl groups is 2. The van der Waals surface area contributed by atoms with Crippen LogP contribution in [0.25, 0.3) is 11.2 Å². The minimum absolute atomic E-state index is 0.0937. The first-order valence-corrected chi connectivity index (χ1v) is 14.9. The number of benzene rings is 1. The number of nitrogens with zero attached hydrogens (tertiary/aromatic N) is 4. The zero-order chi connectivity index (χ0) is 30.1. The van der Waals surface area contributed by atoms with Crippen molar-refractivity contribution in [2.75, 3.05) is 30.9 Å². The molecule has 1 saturated carbocycles. The number of nitrogen functional groups attached to an aromatic ring is 1. The maximum absolute atomic E-state index is 16.2. The Hall–Kier alpha value is -3.40. The molecule has 1 aromatic carbocycles. The van der Waals surface area contributed by atoms with Crippen LogP contribution in [0.15, 0.2) is 36.7 Å². The summed E-state index contributed by atoms with van der Waals surface area (Å²) < 4.78 is 53.1. The first kappa shape index (κ1) is 30.1. The van der Waals surface area contributed by atoms with Crippen LogP contribution in [0.2, 0.25) is 0 Å². The number of aromatic nitrogens is 4. The minimum Gasteiger partial charge on any atom is -0.465 e. The zero-order valence-electron chi connectivity index (χ0n) is 22.9. The number of imidazole rings is 1. The van der Waals surface area contributed by atoms with Crippen LogP contribution in [0, 0.1) is 0 Å². The zero-order valence-corrected chi connectivity index (χ0v) is 23.8. The van der Waals surface area contributed by atoms with E-state index in [-0.39, 0.29) is 30.0 Å². The second-order valence-electron chi connectivity index (χ2n) is 10.0. The SMILES string of the molecule is CCOC(=O)[C@@H](C)NP(=O)(OC[C@H]1O[C@@H](n2cnc3c(NC4CC4)nc(N)nc32)[C@@](F)(CO)[C@@H]1O)Oc1ccccc1. The molecule has 1 saturated heterocycles. The fourth-order valence-electron chi connectivity index (χ4n) is 4.47. The maximum Gasteiger partial charge on any atom is 0.459 e. The van der Waals surface area contributed by atoms with E-state index in [0.717, 1.165) is 12.8 Å². The van der Waals surface area contributed by atoms with Crippen molar-refractivity contribution in [3.05, 3.63) is 36.7 Å². The molecule has 15 nitrogen and oxygen atoms in total. The smallest absolute Gasteiger partial charge is 0.459 e. The first-order valence-electron chi connectivity index (χ1n) is 13.4. The summed E-state index contributed by atoms with van der Waals surface area (Å²) in [7, 11) is -4.34. The third-order valence-electron chi connectivity index (χ3n) is 6.78. The molecule has 0 bridgehead atoms. The first-order chi connectivity index (χ1) is 20.1. The lowest BCUT2D eigenvalue weighted by Gasteiger charge is -2.27. The number of aliphatic hydroxyl groups excluding tert-OH is 2. The highest BCUT2D eigenvalue weighted by atomic mass is 31.2. The molecule has 3 heterocycles. The van der Waals surface area contributed by atoms with Gasteiger partial charge in [-0.1, -0.05) is 18.2 Å². The maximum atomic E-state index is 16.2. The average molecular weight is 610 g/mol. The molecule has 2 aliphatic rings. The van der Waals surface area contributed by atoms with E-state index in [0.29, 0.717) is 11.3 Å². The molecule has 2 fully saturated rings. The second kappa shape index (κ2) is 12.1. The van der Waals surface area contributed by atoms with Gasteiger partial charge in [0.05, 0.1) is 26.1 Å².